The minimum atomic E-state index is -0.191. The van der Waals surface area contributed by atoms with Gasteiger partial charge >= 0.3 is 0 Å². The zero-order valence-corrected chi connectivity index (χ0v) is 12.8. The molecule has 23 heavy (non-hydrogen) atoms. The quantitative estimate of drug-likeness (QED) is 0.859. The number of amides is 1. The Kier molecular flexibility index (Phi) is 3.31. The van der Waals surface area contributed by atoms with Gasteiger partial charge in [-0.1, -0.05) is 24.3 Å². The first-order valence-corrected chi connectivity index (χ1v) is 7.81. The minimum absolute atomic E-state index is 0.191. The van der Waals surface area contributed by atoms with E-state index in [4.69, 9.17) is 14.9 Å². The van der Waals surface area contributed by atoms with Crippen molar-refractivity contribution in [3.63, 3.8) is 0 Å². The lowest BCUT2D eigenvalue weighted by Crippen LogP contribution is -2.27. The monoisotopic (exact) mass is 324 g/mol. The van der Waals surface area contributed by atoms with E-state index in [0.717, 1.165) is 17.3 Å². The molecule has 2 aromatic rings. The summed E-state index contributed by atoms with van der Waals surface area (Å²) >= 11 is 1.15. The van der Waals surface area contributed by atoms with Gasteiger partial charge in [0.1, 0.15) is 0 Å². The molecule has 0 radical (unpaired) electrons. The number of amidine groups is 1. The van der Waals surface area contributed by atoms with E-state index in [1.54, 1.807) is 6.08 Å². The molecule has 114 valence electrons. The predicted molar refractivity (Wildman–Crippen MR) is 89.8 cm³/mol. The summed E-state index contributed by atoms with van der Waals surface area (Å²) in [5, 5.41) is 8.28. The van der Waals surface area contributed by atoms with Crippen LogP contribution in [0.5, 0.6) is 11.5 Å². The number of hydrogen-bond acceptors (Lipinski definition) is 5. The van der Waals surface area contributed by atoms with Gasteiger partial charge in [-0.15, -0.1) is 0 Å². The summed E-state index contributed by atoms with van der Waals surface area (Å²) in [4.78, 5) is 14.5. The molecule has 1 saturated heterocycles. The van der Waals surface area contributed by atoms with E-state index in [2.05, 4.69) is 0 Å². The Bertz CT molecular complexity index is 833. The molecule has 0 spiro atoms. The second-order valence-electron chi connectivity index (χ2n) is 5.00. The maximum Gasteiger partial charge on any atom is 0.271 e. The number of para-hydroxylation sites is 1. The number of rotatable bonds is 2. The Morgan fingerprint density at radius 1 is 1.09 bits per heavy atom. The SMILES string of the molecule is N=C1S/C(=C/c2ccc3c(c2)OCO3)C(=O)N1c1ccccc1. The second-order valence-corrected chi connectivity index (χ2v) is 6.04. The van der Waals surface area contributed by atoms with E-state index in [0.29, 0.717) is 22.1 Å². The van der Waals surface area contributed by atoms with Crippen molar-refractivity contribution in [1.29, 1.82) is 5.41 Å². The normalized spacial score (nSPS) is 18.1. The maximum atomic E-state index is 12.6. The van der Waals surface area contributed by atoms with E-state index in [-0.39, 0.29) is 17.9 Å². The number of anilines is 1. The standard InChI is InChI=1S/C17H12N2O3S/c18-17-19(12-4-2-1-3-5-12)16(20)15(23-17)9-11-6-7-13-14(8-11)22-10-21-13/h1-9,18H,10H2/b15-9+,18-17?. The van der Waals surface area contributed by atoms with Gasteiger partial charge in [-0.2, -0.15) is 0 Å². The van der Waals surface area contributed by atoms with Gasteiger partial charge in [-0.25, -0.2) is 0 Å². The highest BCUT2D eigenvalue weighted by molar-refractivity contribution is 8.19. The van der Waals surface area contributed by atoms with Crippen molar-refractivity contribution < 1.29 is 14.3 Å². The largest absolute Gasteiger partial charge is 0.454 e. The molecule has 0 atom stereocenters. The number of carbonyl (C=O) groups is 1. The molecule has 1 N–H and O–H groups in total. The van der Waals surface area contributed by atoms with Crippen LogP contribution < -0.4 is 14.4 Å². The number of fused-ring (bicyclic) bond motifs is 1. The van der Waals surface area contributed by atoms with E-state index >= 15 is 0 Å². The Balaban J connectivity index is 1.65. The molecule has 0 saturated carbocycles. The molecule has 0 aliphatic carbocycles. The molecule has 0 unspecified atom stereocenters. The number of benzene rings is 2. The van der Waals surface area contributed by atoms with Crippen molar-refractivity contribution in [1.82, 2.24) is 0 Å². The number of hydrogen-bond donors (Lipinski definition) is 1. The van der Waals surface area contributed by atoms with E-state index in [1.807, 2.05) is 48.5 Å². The number of carbonyl (C=O) groups excluding carboxylic acids is 1. The molecule has 2 aliphatic rings. The molecule has 5 nitrogen and oxygen atoms in total. The lowest BCUT2D eigenvalue weighted by atomic mass is 10.2. The van der Waals surface area contributed by atoms with E-state index in [1.165, 1.54) is 4.90 Å². The van der Waals surface area contributed by atoms with Gasteiger partial charge in [0.25, 0.3) is 5.91 Å². The highest BCUT2D eigenvalue weighted by Gasteiger charge is 2.33. The van der Waals surface area contributed by atoms with Crippen molar-refractivity contribution in [2.75, 3.05) is 11.7 Å². The van der Waals surface area contributed by atoms with Gasteiger partial charge in [-0.3, -0.25) is 15.1 Å². The lowest BCUT2D eigenvalue weighted by molar-refractivity contribution is -0.113. The van der Waals surface area contributed by atoms with Crippen LogP contribution >= 0.6 is 11.8 Å². The van der Waals surface area contributed by atoms with Crippen molar-refractivity contribution >= 4 is 34.6 Å². The molecule has 1 fully saturated rings. The zero-order valence-electron chi connectivity index (χ0n) is 12.0. The first-order valence-electron chi connectivity index (χ1n) is 6.99. The summed E-state index contributed by atoms with van der Waals surface area (Å²) in [7, 11) is 0. The zero-order chi connectivity index (χ0) is 15.8. The average molecular weight is 324 g/mol. The Morgan fingerprint density at radius 3 is 2.70 bits per heavy atom. The third kappa shape index (κ3) is 2.47. The van der Waals surface area contributed by atoms with Gasteiger partial charge < -0.3 is 9.47 Å². The number of ether oxygens (including phenoxy) is 2. The van der Waals surface area contributed by atoms with Crippen LogP contribution in [-0.2, 0) is 4.79 Å². The van der Waals surface area contributed by atoms with Crippen molar-refractivity contribution in [3.05, 3.63) is 59.0 Å². The number of thioether (sulfide) groups is 1. The topological polar surface area (TPSA) is 62.6 Å². The first kappa shape index (κ1) is 13.9. The number of nitrogens with one attached hydrogen (secondary N) is 1. The van der Waals surface area contributed by atoms with Crippen LogP contribution in [0, 0.1) is 5.41 Å². The second kappa shape index (κ2) is 5.48. The smallest absolute Gasteiger partial charge is 0.271 e. The van der Waals surface area contributed by atoms with Gasteiger partial charge in [0, 0.05) is 0 Å². The van der Waals surface area contributed by atoms with Crippen LogP contribution in [0.4, 0.5) is 5.69 Å². The Hall–Kier alpha value is -2.73. The molecule has 4 rings (SSSR count). The fraction of sp³-hybridized carbons (Fsp3) is 0.0588. The van der Waals surface area contributed by atoms with Crippen LogP contribution in [-0.4, -0.2) is 17.9 Å². The predicted octanol–water partition coefficient (Wildman–Crippen LogP) is 3.47. The van der Waals surface area contributed by atoms with Crippen LogP contribution in [0.25, 0.3) is 6.08 Å². The molecule has 2 aliphatic heterocycles. The minimum Gasteiger partial charge on any atom is -0.454 e. The van der Waals surface area contributed by atoms with E-state index in [9.17, 15) is 4.79 Å². The van der Waals surface area contributed by atoms with Gasteiger partial charge in [0.05, 0.1) is 10.6 Å². The summed E-state index contributed by atoms with van der Waals surface area (Å²) in [6.07, 6.45) is 1.77. The molecule has 2 heterocycles. The van der Waals surface area contributed by atoms with Gasteiger partial charge in [-0.05, 0) is 47.7 Å². The maximum absolute atomic E-state index is 12.6. The molecule has 2 aromatic carbocycles. The third-order valence-electron chi connectivity index (χ3n) is 3.53. The van der Waals surface area contributed by atoms with Crippen molar-refractivity contribution in [2.45, 2.75) is 0 Å². The van der Waals surface area contributed by atoms with E-state index < -0.39 is 0 Å². The summed E-state index contributed by atoms with van der Waals surface area (Å²) < 4.78 is 10.6. The van der Waals surface area contributed by atoms with Crippen LogP contribution in [0.2, 0.25) is 0 Å². The Labute approximate surface area is 137 Å². The van der Waals surface area contributed by atoms with Crippen LogP contribution in [0.1, 0.15) is 5.56 Å². The first-order chi connectivity index (χ1) is 11.2. The summed E-state index contributed by atoms with van der Waals surface area (Å²) in [6, 6.07) is 14.7. The highest BCUT2D eigenvalue weighted by atomic mass is 32.2. The summed E-state index contributed by atoms with van der Waals surface area (Å²) in [5.74, 6) is 1.19. The lowest BCUT2D eigenvalue weighted by Gasteiger charge is -2.13. The number of nitrogens with zero attached hydrogens (tertiary/aromatic N) is 1. The fourth-order valence-corrected chi connectivity index (χ4v) is 3.31. The molecule has 6 heteroatoms. The molecular weight excluding hydrogens is 312 g/mol. The Morgan fingerprint density at radius 2 is 1.87 bits per heavy atom. The molecular formula is C17H12N2O3S. The third-order valence-corrected chi connectivity index (χ3v) is 4.42. The molecule has 0 aromatic heterocycles. The van der Waals surface area contributed by atoms with Crippen molar-refractivity contribution in [2.24, 2.45) is 0 Å². The average Bonchev–Trinajstić information content (AvgIpc) is 3.13. The van der Waals surface area contributed by atoms with Crippen molar-refractivity contribution in [3.8, 4) is 11.5 Å². The van der Waals surface area contributed by atoms with Crippen LogP contribution in [0.3, 0.4) is 0 Å². The summed E-state index contributed by atoms with van der Waals surface area (Å²) in [5.41, 5.74) is 1.54. The van der Waals surface area contributed by atoms with Gasteiger partial charge in [0.2, 0.25) is 6.79 Å². The molecule has 0 bridgehead atoms. The molecule has 1 amide bonds. The fourth-order valence-electron chi connectivity index (χ4n) is 2.45. The highest BCUT2D eigenvalue weighted by Crippen LogP contribution is 2.37. The van der Waals surface area contributed by atoms with Gasteiger partial charge in [0.15, 0.2) is 16.7 Å². The summed E-state index contributed by atoms with van der Waals surface area (Å²) in [6.45, 7) is 0.218. The van der Waals surface area contributed by atoms with Crippen LogP contribution in [0.15, 0.2) is 53.4 Å².